The Kier molecular flexibility index (Phi) is 2.84. The van der Waals surface area contributed by atoms with E-state index in [2.05, 4.69) is 15.9 Å². The monoisotopic (exact) mass is 261 g/mol. The summed E-state index contributed by atoms with van der Waals surface area (Å²) < 4.78 is 0. The van der Waals surface area contributed by atoms with Crippen molar-refractivity contribution in [2.45, 2.75) is 31.7 Å². The van der Waals surface area contributed by atoms with Gasteiger partial charge in [0.1, 0.15) is 0 Å². The number of halogens is 1. The van der Waals surface area contributed by atoms with Crippen LogP contribution in [0.25, 0.3) is 0 Å². The summed E-state index contributed by atoms with van der Waals surface area (Å²) >= 11 is 3.21. The number of carbonyl (C=O) groups excluding carboxylic acids is 1. The number of fused-ring (bicyclic) bond motifs is 1. The summed E-state index contributed by atoms with van der Waals surface area (Å²) in [5, 5.41) is 9.86. The number of hydrogen-bond donors (Lipinski definition) is 1. The predicted octanol–water partition coefficient (Wildman–Crippen LogP) is 1.14. The van der Waals surface area contributed by atoms with Gasteiger partial charge in [0.05, 0.1) is 11.9 Å². The Bertz CT molecular complexity index is 246. The fraction of sp³-hybridized carbons (Fsp3) is 0.900. The van der Waals surface area contributed by atoms with Gasteiger partial charge in [-0.1, -0.05) is 22.4 Å². The van der Waals surface area contributed by atoms with Gasteiger partial charge in [0.15, 0.2) is 0 Å². The molecule has 1 saturated heterocycles. The van der Waals surface area contributed by atoms with Gasteiger partial charge in [0.2, 0.25) is 5.91 Å². The van der Waals surface area contributed by atoms with E-state index in [9.17, 15) is 9.90 Å². The number of carbonyl (C=O) groups is 1. The first-order chi connectivity index (χ1) is 6.73. The molecule has 1 aliphatic heterocycles. The largest absolute Gasteiger partial charge is 0.396 e. The van der Waals surface area contributed by atoms with E-state index in [-0.39, 0.29) is 17.9 Å². The van der Waals surface area contributed by atoms with Crippen LogP contribution in [0.3, 0.4) is 0 Å². The molecule has 2 atom stereocenters. The highest BCUT2D eigenvalue weighted by Gasteiger charge is 2.50. The average molecular weight is 262 g/mol. The van der Waals surface area contributed by atoms with E-state index in [1.807, 2.05) is 4.90 Å². The van der Waals surface area contributed by atoms with Gasteiger partial charge >= 0.3 is 0 Å². The highest BCUT2D eigenvalue weighted by atomic mass is 79.9. The molecule has 0 aromatic rings. The molecule has 2 rings (SSSR count). The number of likely N-dealkylation sites (tertiary alicyclic amines) is 1. The Morgan fingerprint density at radius 3 is 3.00 bits per heavy atom. The highest BCUT2D eigenvalue weighted by molar-refractivity contribution is 9.09. The lowest BCUT2D eigenvalue weighted by Gasteiger charge is -2.30. The Balaban J connectivity index is 2.15. The molecule has 14 heavy (non-hydrogen) atoms. The summed E-state index contributed by atoms with van der Waals surface area (Å²) in [6.45, 7) is 1.07. The third-order valence-electron chi connectivity index (χ3n) is 3.84. The second-order valence-corrected chi connectivity index (χ2v) is 4.96. The number of hydrogen-bond acceptors (Lipinski definition) is 2. The van der Waals surface area contributed by atoms with Crippen LogP contribution >= 0.6 is 15.9 Å². The lowest BCUT2D eigenvalue weighted by atomic mass is 9.83. The van der Waals surface area contributed by atoms with Crippen LogP contribution < -0.4 is 0 Å². The lowest BCUT2D eigenvalue weighted by Crippen LogP contribution is -2.41. The third-order valence-corrected chi connectivity index (χ3v) is 4.32. The maximum atomic E-state index is 11.6. The molecule has 0 unspecified atom stereocenters. The summed E-state index contributed by atoms with van der Waals surface area (Å²) in [4.78, 5) is 13.6. The van der Waals surface area contributed by atoms with Crippen LogP contribution in [0.15, 0.2) is 0 Å². The Morgan fingerprint density at radius 2 is 2.36 bits per heavy atom. The first-order valence-electron chi connectivity index (χ1n) is 5.20. The van der Waals surface area contributed by atoms with Crippen molar-refractivity contribution >= 4 is 21.8 Å². The molecule has 3 nitrogen and oxygen atoms in total. The molecular weight excluding hydrogens is 246 g/mol. The van der Waals surface area contributed by atoms with Crippen LogP contribution in [0.5, 0.6) is 0 Å². The van der Waals surface area contributed by atoms with Crippen molar-refractivity contribution in [2.75, 3.05) is 18.5 Å². The van der Waals surface area contributed by atoms with Gasteiger partial charge in [0.25, 0.3) is 0 Å². The van der Waals surface area contributed by atoms with E-state index >= 15 is 0 Å². The average Bonchev–Trinajstić information content (AvgIpc) is 2.74. The minimum atomic E-state index is 0.0395. The quantitative estimate of drug-likeness (QED) is 0.758. The van der Waals surface area contributed by atoms with E-state index in [1.54, 1.807) is 0 Å². The molecule has 1 amide bonds. The van der Waals surface area contributed by atoms with Crippen molar-refractivity contribution in [1.29, 1.82) is 0 Å². The van der Waals surface area contributed by atoms with E-state index in [0.717, 1.165) is 32.2 Å². The minimum Gasteiger partial charge on any atom is -0.396 e. The van der Waals surface area contributed by atoms with E-state index in [4.69, 9.17) is 0 Å². The van der Waals surface area contributed by atoms with Crippen molar-refractivity contribution in [1.82, 2.24) is 4.90 Å². The predicted molar refractivity (Wildman–Crippen MR) is 57.3 cm³/mol. The summed E-state index contributed by atoms with van der Waals surface area (Å²) in [7, 11) is 0. The van der Waals surface area contributed by atoms with Crippen LogP contribution in [0.1, 0.15) is 25.7 Å². The third kappa shape index (κ3) is 1.39. The molecule has 0 spiro atoms. The maximum absolute atomic E-state index is 11.6. The zero-order chi connectivity index (χ0) is 10.2. The number of nitrogens with zero attached hydrogens (tertiary/aromatic N) is 1. The SMILES string of the molecule is O=C(CBr)N1CC[C@@]2(CO)CCC[C@@H]12. The highest BCUT2D eigenvalue weighted by Crippen LogP contribution is 2.48. The molecule has 80 valence electrons. The molecule has 0 aromatic heterocycles. The number of amides is 1. The normalized spacial score (nSPS) is 36.1. The molecule has 0 radical (unpaired) electrons. The minimum absolute atomic E-state index is 0.0395. The Labute approximate surface area is 92.6 Å². The first kappa shape index (κ1) is 10.4. The van der Waals surface area contributed by atoms with Crippen molar-refractivity contribution < 1.29 is 9.90 Å². The van der Waals surface area contributed by atoms with Crippen LogP contribution in [-0.2, 0) is 4.79 Å². The van der Waals surface area contributed by atoms with Crippen molar-refractivity contribution in [3.05, 3.63) is 0 Å². The zero-order valence-corrected chi connectivity index (χ0v) is 9.79. The zero-order valence-electron chi connectivity index (χ0n) is 8.21. The molecule has 2 aliphatic rings. The first-order valence-corrected chi connectivity index (χ1v) is 6.32. The van der Waals surface area contributed by atoms with Crippen LogP contribution in [0, 0.1) is 5.41 Å². The van der Waals surface area contributed by atoms with Gasteiger partial charge in [-0.25, -0.2) is 0 Å². The van der Waals surface area contributed by atoms with E-state index < -0.39 is 0 Å². The molecule has 1 N–H and O–H groups in total. The van der Waals surface area contributed by atoms with Crippen LogP contribution in [0.4, 0.5) is 0 Å². The molecule has 1 aliphatic carbocycles. The molecule has 0 bridgehead atoms. The van der Waals surface area contributed by atoms with Gasteiger partial charge in [-0.05, 0) is 19.3 Å². The van der Waals surface area contributed by atoms with Crippen LogP contribution in [0.2, 0.25) is 0 Å². The van der Waals surface area contributed by atoms with Gasteiger partial charge < -0.3 is 10.0 Å². The molecule has 1 saturated carbocycles. The standard InChI is InChI=1S/C10H16BrNO2/c11-6-9(14)12-5-4-10(7-13)3-1-2-8(10)12/h8,13H,1-7H2/t8-,10-/m1/s1. The van der Waals surface area contributed by atoms with Gasteiger partial charge in [-0.2, -0.15) is 0 Å². The van der Waals surface area contributed by atoms with Gasteiger partial charge in [-0.3, -0.25) is 4.79 Å². The summed E-state index contributed by atoms with van der Waals surface area (Å²) in [5.41, 5.74) is 0.0395. The topological polar surface area (TPSA) is 40.5 Å². The van der Waals surface area contributed by atoms with E-state index in [1.165, 1.54) is 0 Å². The molecule has 4 heteroatoms. The fourth-order valence-electron chi connectivity index (χ4n) is 3.04. The summed E-state index contributed by atoms with van der Waals surface area (Å²) in [6.07, 6.45) is 4.28. The molecule has 2 fully saturated rings. The van der Waals surface area contributed by atoms with Crippen molar-refractivity contribution in [2.24, 2.45) is 5.41 Å². The second-order valence-electron chi connectivity index (χ2n) is 4.40. The number of rotatable bonds is 2. The van der Waals surface area contributed by atoms with Crippen molar-refractivity contribution in [3.8, 4) is 0 Å². The maximum Gasteiger partial charge on any atom is 0.233 e. The number of aliphatic hydroxyl groups excluding tert-OH is 1. The smallest absolute Gasteiger partial charge is 0.233 e. The summed E-state index contributed by atoms with van der Waals surface area (Å²) in [6, 6.07) is 0.303. The number of aliphatic hydroxyl groups is 1. The Morgan fingerprint density at radius 1 is 1.57 bits per heavy atom. The van der Waals surface area contributed by atoms with Crippen molar-refractivity contribution in [3.63, 3.8) is 0 Å². The molecule has 1 heterocycles. The molecule has 0 aromatic carbocycles. The molecular formula is C10H16BrNO2. The van der Waals surface area contributed by atoms with Crippen LogP contribution in [-0.4, -0.2) is 40.4 Å². The Hall–Kier alpha value is -0.0900. The van der Waals surface area contributed by atoms with Gasteiger partial charge in [-0.15, -0.1) is 0 Å². The fourth-order valence-corrected chi connectivity index (χ4v) is 3.36. The lowest BCUT2D eigenvalue weighted by molar-refractivity contribution is -0.129. The summed E-state index contributed by atoms with van der Waals surface area (Å²) in [5.74, 6) is 0.173. The second kappa shape index (κ2) is 3.81. The van der Waals surface area contributed by atoms with Gasteiger partial charge in [0, 0.05) is 18.0 Å². The van der Waals surface area contributed by atoms with E-state index in [0.29, 0.717) is 11.4 Å². The number of alkyl halides is 1.